The molecule has 2 saturated carbocycles. The lowest BCUT2D eigenvalue weighted by atomic mass is 9.86. The van der Waals surface area contributed by atoms with Gasteiger partial charge in [0.25, 0.3) is 0 Å². The molecule has 0 bridgehead atoms. The average Bonchev–Trinajstić information content (AvgIpc) is 2.48. The first kappa shape index (κ1) is 15.4. The third-order valence-electron chi connectivity index (χ3n) is 5.65. The number of nitrogens with zero attached hydrogens (tertiary/aromatic N) is 1. The van der Waals surface area contributed by atoms with E-state index in [2.05, 4.69) is 18.7 Å². The average molecular weight is 265 g/mol. The van der Waals surface area contributed by atoms with Gasteiger partial charge in [0.15, 0.2) is 0 Å². The van der Waals surface area contributed by atoms with Crippen LogP contribution in [0.3, 0.4) is 0 Å². The summed E-state index contributed by atoms with van der Waals surface area (Å²) < 4.78 is 0. The van der Waals surface area contributed by atoms with Gasteiger partial charge in [-0.15, -0.1) is 0 Å². The van der Waals surface area contributed by atoms with Crippen LogP contribution in [0.1, 0.15) is 84.5 Å². The molecule has 0 amide bonds. The van der Waals surface area contributed by atoms with Crippen molar-refractivity contribution in [2.75, 3.05) is 13.1 Å². The molecule has 2 fully saturated rings. The van der Waals surface area contributed by atoms with Crippen LogP contribution in [-0.4, -0.2) is 24.0 Å². The van der Waals surface area contributed by atoms with Gasteiger partial charge in [0, 0.05) is 19.1 Å². The first-order chi connectivity index (χ1) is 9.29. The highest BCUT2D eigenvalue weighted by atomic mass is 15.2. The van der Waals surface area contributed by atoms with Crippen LogP contribution in [0.25, 0.3) is 0 Å². The maximum absolute atomic E-state index is 2.85. The van der Waals surface area contributed by atoms with E-state index in [9.17, 15) is 0 Å². The van der Waals surface area contributed by atoms with Crippen molar-refractivity contribution in [1.82, 2.24) is 4.90 Å². The summed E-state index contributed by atoms with van der Waals surface area (Å²) in [7, 11) is 0. The second-order valence-corrected chi connectivity index (χ2v) is 7.22. The van der Waals surface area contributed by atoms with Crippen LogP contribution in [0.2, 0.25) is 0 Å². The van der Waals surface area contributed by atoms with Crippen LogP contribution in [0.4, 0.5) is 0 Å². The molecular formula is C18H35N. The van der Waals surface area contributed by atoms with Crippen LogP contribution >= 0.6 is 0 Å². The van der Waals surface area contributed by atoms with Gasteiger partial charge < -0.3 is 4.90 Å². The zero-order valence-corrected chi connectivity index (χ0v) is 13.4. The zero-order chi connectivity index (χ0) is 13.5. The Morgan fingerprint density at radius 1 is 0.789 bits per heavy atom. The minimum Gasteiger partial charge on any atom is -0.300 e. The van der Waals surface area contributed by atoms with Crippen LogP contribution in [-0.2, 0) is 0 Å². The molecule has 1 heteroatoms. The molecule has 2 aliphatic carbocycles. The molecule has 1 nitrogen and oxygen atoms in total. The summed E-state index contributed by atoms with van der Waals surface area (Å²) in [6, 6.07) is 0.795. The van der Waals surface area contributed by atoms with Gasteiger partial charge in [0.1, 0.15) is 0 Å². The van der Waals surface area contributed by atoms with Gasteiger partial charge in [-0.25, -0.2) is 0 Å². The van der Waals surface area contributed by atoms with Gasteiger partial charge in [-0.1, -0.05) is 45.4 Å². The summed E-state index contributed by atoms with van der Waals surface area (Å²) in [5.41, 5.74) is 0. The van der Waals surface area contributed by atoms with Gasteiger partial charge in [0.05, 0.1) is 0 Å². The summed E-state index contributed by atoms with van der Waals surface area (Å²) in [5.74, 6) is 2.01. The van der Waals surface area contributed by atoms with E-state index in [1.807, 2.05) is 0 Å². The summed E-state index contributed by atoms with van der Waals surface area (Å²) in [4.78, 5) is 2.85. The van der Waals surface area contributed by atoms with Crippen LogP contribution in [0.15, 0.2) is 0 Å². The highest BCUT2D eigenvalue weighted by Gasteiger charge is 2.23. The molecule has 0 aromatic carbocycles. The fourth-order valence-electron chi connectivity index (χ4n) is 4.10. The summed E-state index contributed by atoms with van der Waals surface area (Å²) >= 11 is 0. The number of hydrogen-bond donors (Lipinski definition) is 0. The van der Waals surface area contributed by atoms with Crippen molar-refractivity contribution in [2.24, 2.45) is 11.8 Å². The Morgan fingerprint density at radius 3 is 1.58 bits per heavy atom. The second-order valence-electron chi connectivity index (χ2n) is 7.22. The summed E-state index contributed by atoms with van der Waals surface area (Å²) in [5, 5.41) is 0. The molecule has 0 spiro atoms. The van der Waals surface area contributed by atoms with E-state index in [-0.39, 0.29) is 0 Å². The predicted molar refractivity (Wildman–Crippen MR) is 84.5 cm³/mol. The molecule has 112 valence electrons. The second kappa shape index (κ2) is 8.29. The highest BCUT2D eigenvalue weighted by molar-refractivity contribution is 4.77. The minimum atomic E-state index is 0.795. The van der Waals surface area contributed by atoms with E-state index in [0.717, 1.165) is 17.9 Å². The molecule has 1 atom stereocenters. The van der Waals surface area contributed by atoms with Crippen LogP contribution in [0, 0.1) is 11.8 Å². The molecular weight excluding hydrogens is 230 g/mol. The van der Waals surface area contributed by atoms with Gasteiger partial charge >= 0.3 is 0 Å². The Morgan fingerprint density at radius 2 is 1.21 bits per heavy atom. The predicted octanol–water partition coefficient (Wildman–Crippen LogP) is 5.25. The maximum Gasteiger partial charge on any atom is 0.00645 e. The zero-order valence-electron chi connectivity index (χ0n) is 13.4. The van der Waals surface area contributed by atoms with Crippen molar-refractivity contribution in [3.8, 4) is 0 Å². The van der Waals surface area contributed by atoms with Gasteiger partial charge in [-0.05, 0) is 50.9 Å². The van der Waals surface area contributed by atoms with Crippen molar-refractivity contribution >= 4 is 0 Å². The molecule has 0 radical (unpaired) electrons. The van der Waals surface area contributed by atoms with Crippen molar-refractivity contribution in [3.63, 3.8) is 0 Å². The smallest absolute Gasteiger partial charge is 0.00645 e. The van der Waals surface area contributed by atoms with Crippen LogP contribution < -0.4 is 0 Å². The first-order valence-electron chi connectivity index (χ1n) is 9.03. The molecule has 0 N–H and O–H groups in total. The fraction of sp³-hybridized carbons (Fsp3) is 1.00. The van der Waals surface area contributed by atoms with Crippen molar-refractivity contribution < 1.29 is 0 Å². The minimum absolute atomic E-state index is 0.795. The largest absolute Gasteiger partial charge is 0.300 e. The van der Waals surface area contributed by atoms with Gasteiger partial charge in [-0.3, -0.25) is 0 Å². The Hall–Kier alpha value is -0.0400. The summed E-state index contributed by atoms with van der Waals surface area (Å²) in [6.07, 6.45) is 16.2. The Balaban J connectivity index is 1.83. The lowest BCUT2D eigenvalue weighted by Gasteiger charge is -2.37. The molecule has 0 aliphatic heterocycles. The van der Waals surface area contributed by atoms with Crippen molar-refractivity contribution in [1.29, 1.82) is 0 Å². The molecule has 0 heterocycles. The van der Waals surface area contributed by atoms with E-state index in [0.29, 0.717) is 0 Å². The molecule has 0 unspecified atom stereocenters. The Kier molecular flexibility index (Phi) is 6.70. The topological polar surface area (TPSA) is 3.24 Å². The fourth-order valence-corrected chi connectivity index (χ4v) is 4.10. The Bertz CT molecular complexity index is 206. The first-order valence-corrected chi connectivity index (χ1v) is 9.03. The van der Waals surface area contributed by atoms with Crippen molar-refractivity contribution in [2.45, 2.75) is 90.5 Å². The SMILES string of the molecule is CC[C@@H](C)N(CC1CCCCC1)CC1CCCCC1. The third-order valence-corrected chi connectivity index (χ3v) is 5.65. The number of rotatable bonds is 6. The lowest BCUT2D eigenvalue weighted by molar-refractivity contribution is 0.120. The lowest BCUT2D eigenvalue weighted by Crippen LogP contribution is -2.40. The molecule has 0 saturated heterocycles. The maximum atomic E-state index is 2.85. The van der Waals surface area contributed by atoms with E-state index >= 15 is 0 Å². The third kappa shape index (κ3) is 5.10. The Labute approximate surface area is 121 Å². The number of hydrogen-bond acceptors (Lipinski definition) is 1. The molecule has 19 heavy (non-hydrogen) atoms. The van der Waals surface area contributed by atoms with Gasteiger partial charge in [-0.2, -0.15) is 0 Å². The highest BCUT2D eigenvalue weighted by Crippen LogP contribution is 2.28. The molecule has 2 rings (SSSR count). The van der Waals surface area contributed by atoms with E-state index in [1.165, 1.54) is 83.7 Å². The van der Waals surface area contributed by atoms with Gasteiger partial charge in [0.2, 0.25) is 0 Å². The van der Waals surface area contributed by atoms with Crippen molar-refractivity contribution in [3.05, 3.63) is 0 Å². The molecule has 0 aromatic heterocycles. The summed E-state index contributed by atoms with van der Waals surface area (Å²) in [6.45, 7) is 7.60. The molecule has 2 aliphatic rings. The standard InChI is InChI=1S/C18H35N/c1-3-16(2)19(14-17-10-6-4-7-11-17)15-18-12-8-5-9-13-18/h16-18H,3-15H2,1-2H3/t16-/m1/s1. The van der Waals surface area contributed by atoms with E-state index in [1.54, 1.807) is 0 Å². The van der Waals surface area contributed by atoms with E-state index in [4.69, 9.17) is 0 Å². The normalized spacial score (nSPS) is 24.8. The molecule has 0 aromatic rings. The monoisotopic (exact) mass is 265 g/mol. The van der Waals surface area contributed by atoms with E-state index < -0.39 is 0 Å². The van der Waals surface area contributed by atoms with Crippen LogP contribution in [0.5, 0.6) is 0 Å². The quantitative estimate of drug-likeness (QED) is 0.634.